The van der Waals surface area contributed by atoms with Gasteiger partial charge in [0.25, 0.3) is 5.95 Å². The van der Waals surface area contributed by atoms with E-state index in [1.807, 2.05) is 0 Å². The number of halogens is 2. The van der Waals surface area contributed by atoms with Crippen molar-refractivity contribution in [2.75, 3.05) is 5.43 Å². The summed E-state index contributed by atoms with van der Waals surface area (Å²) in [5.74, 6) is 0.0784. The average molecular weight is 361 g/mol. The number of aromatic amines is 1. The topological polar surface area (TPSA) is 102 Å². The molecule has 1 heterocycles. The highest BCUT2D eigenvalue weighted by Crippen LogP contribution is 2.28. The molecule has 17 heavy (non-hydrogen) atoms. The van der Waals surface area contributed by atoms with Crippen molar-refractivity contribution in [3.63, 3.8) is 0 Å². The fraction of sp³-hybridized carbons (Fsp3) is 0. The second-order valence-corrected chi connectivity index (χ2v) is 4.68. The SMILES string of the molecule is [O-]c1c(Br)cc(Br)cc1/C=N/Nc1nn[nH]n1. The molecule has 0 bridgehead atoms. The largest absolute Gasteiger partial charge is 0.871 e. The molecule has 0 spiro atoms. The highest BCUT2D eigenvalue weighted by Gasteiger charge is 1.98. The fourth-order valence-corrected chi connectivity index (χ4v) is 2.30. The molecule has 0 aliphatic carbocycles. The smallest absolute Gasteiger partial charge is 0.283 e. The van der Waals surface area contributed by atoms with Crippen LogP contribution in [-0.2, 0) is 0 Å². The summed E-state index contributed by atoms with van der Waals surface area (Å²) in [7, 11) is 0. The van der Waals surface area contributed by atoms with Crippen LogP contribution in [0.4, 0.5) is 5.95 Å². The van der Waals surface area contributed by atoms with Crippen molar-refractivity contribution in [1.82, 2.24) is 20.6 Å². The lowest BCUT2D eigenvalue weighted by Gasteiger charge is -2.12. The van der Waals surface area contributed by atoms with E-state index in [0.29, 0.717) is 10.0 Å². The van der Waals surface area contributed by atoms with E-state index in [0.717, 1.165) is 4.47 Å². The number of hydrogen-bond acceptors (Lipinski definition) is 6. The van der Waals surface area contributed by atoms with Gasteiger partial charge in [0, 0.05) is 8.95 Å². The van der Waals surface area contributed by atoms with Crippen LogP contribution < -0.4 is 10.5 Å². The molecule has 1 aromatic heterocycles. The number of aromatic nitrogens is 4. The summed E-state index contributed by atoms with van der Waals surface area (Å²) in [6.07, 6.45) is 1.38. The maximum absolute atomic E-state index is 11.7. The van der Waals surface area contributed by atoms with E-state index < -0.39 is 0 Å². The standard InChI is InChI=1S/C8H6Br2N6O/c9-5-1-4(7(17)6(10)2-5)3-11-12-8-13-15-16-14-8/h1-3,17H,(H2,12,13,14,15,16)/p-1/b11-3+. The number of rotatable bonds is 3. The van der Waals surface area contributed by atoms with E-state index in [1.54, 1.807) is 12.1 Å². The molecule has 0 unspecified atom stereocenters. The van der Waals surface area contributed by atoms with Crippen LogP contribution >= 0.6 is 31.9 Å². The van der Waals surface area contributed by atoms with Gasteiger partial charge in [0.2, 0.25) is 0 Å². The van der Waals surface area contributed by atoms with Gasteiger partial charge in [0.15, 0.2) is 0 Å². The first kappa shape index (κ1) is 12.0. The van der Waals surface area contributed by atoms with E-state index >= 15 is 0 Å². The van der Waals surface area contributed by atoms with Crippen LogP contribution in [0.2, 0.25) is 0 Å². The maximum Gasteiger partial charge on any atom is 0.283 e. The number of benzene rings is 1. The molecule has 2 rings (SSSR count). The van der Waals surface area contributed by atoms with E-state index in [1.165, 1.54) is 6.21 Å². The van der Waals surface area contributed by atoms with Gasteiger partial charge in [-0.2, -0.15) is 10.3 Å². The van der Waals surface area contributed by atoms with Crippen LogP contribution in [0.15, 0.2) is 26.2 Å². The van der Waals surface area contributed by atoms with Crippen LogP contribution in [0.3, 0.4) is 0 Å². The molecule has 0 saturated heterocycles. The summed E-state index contributed by atoms with van der Waals surface area (Å²) >= 11 is 6.45. The number of hydrogen-bond donors (Lipinski definition) is 2. The monoisotopic (exact) mass is 359 g/mol. The molecule has 0 fully saturated rings. The van der Waals surface area contributed by atoms with Gasteiger partial charge in [-0.1, -0.05) is 42.7 Å². The molecular formula is C8H5Br2N6O-. The van der Waals surface area contributed by atoms with E-state index in [-0.39, 0.29) is 11.7 Å². The minimum absolute atomic E-state index is 0.146. The molecule has 0 amide bonds. The summed E-state index contributed by atoms with van der Waals surface area (Å²) in [5, 5.41) is 28.4. The number of anilines is 1. The molecule has 0 radical (unpaired) electrons. The first-order valence-corrected chi connectivity index (χ1v) is 5.94. The van der Waals surface area contributed by atoms with Gasteiger partial charge in [-0.05, 0) is 22.9 Å². The third-order valence-corrected chi connectivity index (χ3v) is 2.80. The van der Waals surface area contributed by atoms with E-state index in [2.05, 4.69) is 63.0 Å². The predicted octanol–water partition coefficient (Wildman–Crippen LogP) is 1.24. The molecule has 7 nitrogen and oxygen atoms in total. The van der Waals surface area contributed by atoms with E-state index in [4.69, 9.17) is 0 Å². The molecule has 0 aliphatic heterocycles. The Labute approximate surface area is 113 Å². The van der Waals surface area contributed by atoms with Crippen molar-refractivity contribution in [3.8, 4) is 5.75 Å². The molecule has 1 aromatic carbocycles. The molecule has 88 valence electrons. The van der Waals surface area contributed by atoms with Crippen molar-refractivity contribution < 1.29 is 5.11 Å². The van der Waals surface area contributed by atoms with Gasteiger partial charge >= 0.3 is 0 Å². The Hall–Kier alpha value is -1.48. The number of nitrogens with zero attached hydrogens (tertiary/aromatic N) is 4. The molecule has 0 aliphatic rings. The number of nitrogens with one attached hydrogen (secondary N) is 2. The highest BCUT2D eigenvalue weighted by molar-refractivity contribution is 9.11. The molecular weight excluding hydrogens is 356 g/mol. The van der Waals surface area contributed by atoms with Crippen LogP contribution in [0.5, 0.6) is 5.75 Å². The molecule has 2 aromatic rings. The zero-order valence-electron chi connectivity index (χ0n) is 8.19. The maximum atomic E-state index is 11.7. The minimum atomic E-state index is -0.146. The normalized spacial score (nSPS) is 10.9. The molecule has 0 atom stereocenters. The van der Waals surface area contributed by atoms with Crippen molar-refractivity contribution in [2.24, 2.45) is 5.10 Å². The van der Waals surface area contributed by atoms with Gasteiger partial charge in [0.1, 0.15) is 0 Å². The van der Waals surface area contributed by atoms with E-state index in [9.17, 15) is 5.11 Å². The van der Waals surface area contributed by atoms with Crippen molar-refractivity contribution in [3.05, 3.63) is 26.6 Å². The number of H-pyrrole nitrogens is 1. The lowest BCUT2D eigenvalue weighted by atomic mass is 10.2. The van der Waals surface area contributed by atoms with Crippen LogP contribution in [0, 0.1) is 0 Å². The summed E-state index contributed by atoms with van der Waals surface area (Å²) in [5.41, 5.74) is 2.96. The third-order valence-electron chi connectivity index (χ3n) is 1.75. The first-order chi connectivity index (χ1) is 8.16. The Morgan fingerprint density at radius 3 is 2.94 bits per heavy atom. The van der Waals surface area contributed by atoms with Crippen molar-refractivity contribution in [1.29, 1.82) is 0 Å². The van der Waals surface area contributed by atoms with Crippen LogP contribution in [0.1, 0.15) is 5.56 Å². The lowest BCUT2D eigenvalue weighted by molar-refractivity contribution is -0.269. The Morgan fingerprint density at radius 1 is 1.41 bits per heavy atom. The van der Waals surface area contributed by atoms with Crippen molar-refractivity contribution >= 4 is 44.0 Å². The van der Waals surface area contributed by atoms with Gasteiger partial charge < -0.3 is 5.11 Å². The lowest BCUT2D eigenvalue weighted by Crippen LogP contribution is -1.99. The van der Waals surface area contributed by atoms with Crippen LogP contribution in [-0.4, -0.2) is 26.8 Å². The first-order valence-electron chi connectivity index (χ1n) is 4.35. The quantitative estimate of drug-likeness (QED) is 0.633. The van der Waals surface area contributed by atoms with Crippen LogP contribution in [0.25, 0.3) is 0 Å². The number of hydrazone groups is 1. The Bertz CT molecular complexity index is 541. The molecule has 9 heteroatoms. The average Bonchev–Trinajstić information content (AvgIpc) is 2.78. The molecule has 0 saturated carbocycles. The number of tetrazole rings is 1. The summed E-state index contributed by atoms with van der Waals surface area (Å²) in [6.45, 7) is 0. The summed E-state index contributed by atoms with van der Waals surface area (Å²) in [6, 6.07) is 3.33. The Morgan fingerprint density at radius 2 is 2.24 bits per heavy atom. The molecule has 2 N–H and O–H groups in total. The predicted molar refractivity (Wildman–Crippen MR) is 66.7 cm³/mol. The van der Waals surface area contributed by atoms with Crippen molar-refractivity contribution in [2.45, 2.75) is 0 Å². The van der Waals surface area contributed by atoms with Gasteiger partial charge in [-0.25, -0.2) is 5.43 Å². The minimum Gasteiger partial charge on any atom is -0.871 e. The summed E-state index contributed by atoms with van der Waals surface area (Å²) in [4.78, 5) is 0. The Kier molecular flexibility index (Phi) is 3.69. The zero-order valence-corrected chi connectivity index (χ0v) is 11.4. The highest BCUT2D eigenvalue weighted by atomic mass is 79.9. The zero-order chi connectivity index (χ0) is 12.3. The second-order valence-electron chi connectivity index (χ2n) is 2.91. The fourth-order valence-electron chi connectivity index (χ4n) is 1.04. The Balaban J connectivity index is 2.15. The van der Waals surface area contributed by atoms with Gasteiger partial charge in [-0.3, -0.25) is 0 Å². The summed E-state index contributed by atoms with van der Waals surface area (Å²) < 4.78 is 1.25. The van der Waals surface area contributed by atoms with Gasteiger partial charge in [0.05, 0.1) is 6.21 Å². The third kappa shape index (κ3) is 3.01. The second kappa shape index (κ2) is 5.23. The van der Waals surface area contributed by atoms with Gasteiger partial charge in [-0.15, -0.1) is 5.10 Å².